The van der Waals surface area contributed by atoms with Gasteiger partial charge in [-0.05, 0) is 25.1 Å². The fourth-order valence-electron chi connectivity index (χ4n) is 1.35. The van der Waals surface area contributed by atoms with Gasteiger partial charge in [-0.3, -0.25) is 9.59 Å². The predicted octanol–water partition coefficient (Wildman–Crippen LogP) is 1.48. The number of aliphatic carboxylic acids is 1. The van der Waals surface area contributed by atoms with Gasteiger partial charge in [0.1, 0.15) is 5.75 Å². The van der Waals surface area contributed by atoms with Crippen molar-refractivity contribution in [1.82, 2.24) is 0 Å². The minimum absolute atomic E-state index is 0.153. The molecular weight excluding hydrogens is 250 g/mol. The van der Waals surface area contributed by atoms with Crippen LogP contribution in [-0.2, 0) is 9.59 Å². The van der Waals surface area contributed by atoms with Crippen LogP contribution in [-0.4, -0.2) is 29.9 Å². The summed E-state index contributed by atoms with van der Waals surface area (Å²) in [6.07, 6.45) is 1.60. The molecule has 0 unspecified atom stereocenters. The van der Waals surface area contributed by atoms with Gasteiger partial charge in [0, 0.05) is 17.7 Å². The zero-order valence-electron chi connectivity index (χ0n) is 10.5. The van der Waals surface area contributed by atoms with E-state index in [0.717, 1.165) is 12.2 Å². The van der Waals surface area contributed by atoms with Crippen LogP contribution >= 0.6 is 0 Å². The Morgan fingerprint density at radius 3 is 2.47 bits per heavy atom. The van der Waals surface area contributed by atoms with Crippen molar-refractivity contribution in [2.75, 3.05) is 12.4 Å². The first kappa shape index (κ1) is 14.4. The van der Waals surface area contributed by atoms with E-state index in [0.29, 0.717) is 17.0 Å². The Kier molecular flexibility index (Phi) is 4.82. The summed E-state index contributed by atoms with van der Waals surface area (Å²) in [5, 5.41) is 10.9. The Bertz CT molecular complexity index is 548. The molecule has 0 bridgehead atoms. The predicted molar refractivity (Wildman–Crippen MR) is 68.4 cm³/mol. The number of Topliss-reactive ketones (excluding diaryl/α,β-unsaturated/α-hetero) is 1. The minimum Gasteiger partial charge on any atom is -0.495 e. The lowest BCUT2D eigenvalue weighted by atomic mass is 10.1. The van der Waals surface area contributed by atoms with E-state index in [1.54, 1.807) is 12.1 Å². The van der Waals surface area contributed by atoms with Gasteiger partial charge in [0.2, 0.25) is 5.91 Å². The highest BCUT2D eigenvalue weighted by molar-refractivity contribution is 6.04. The highest BCUT2D eigenvalue weighted by Crippen LogP contribution is 2.25. The van der Waals surface area contributed by atoms with Crippen LogP contribution in [0, 0.1) is 0 Å². The number of carbonyl (C=O) groups excluding carboxylic acids is 2. The third kappa shape index (κ3) is 4.27. The number of ketones is 1. The Hall–Kier alpha value is -2.63. The zero-order valence-corrected chi connectivity index (χ0v) is 10.5. The normalized spacial score (nSPS) is 10.2. The fraction of sp³-hybridized carbons (Fsp3) is 0.154. The molecule has 19 heavy (non-hydrogen) atoms. The van der Waals surface area contributed by atoms with E-state index in [4.69, 9.17) is 9.84 Å². The molecule has 0 aromatic heterocycles. The number of benzene rings is 1. The SMILES string of the molecule is COc1ccc(C(C)=O)cc1NC(=O)/C=C\C(=O)O. The number of nitrogens with one attached hydrogen (secondary N) is 1. The van der Waals surface area contributed by atoms with Crippen LogP contribution in [0.25, 0.3) is 0 Å². The molecule has 0 aliphatic heterocycles. The van der Waals surface area contributed by atoms with Crippen molar-refractivity contribution in [2.24, 2.45) is 0 Å². The molecule has 6 heteroatoms. The van der Waals surface area contributed by atoms with Crippen molar-refractivity contribution in [2.45, 2.75) is 6.92 Å². The lowest BCUT2D eigenvalue weighted by Crippen LogP contribution is -2.10. The van der Waals surface area contributed by atoms with Gasteiger partial charge >= 0.3 is 5.97 Å². The molecule has 0 aliphatic carbocycles. The van der Waals surface area contributed by atoms with Crippen LogP contribution in [0.15, 0.2) is 30.4 Å². The van der Waals surface area contributed by atoms with E-state index in [1.165, 1.54) is 20.1 Å². The third-order valence-electron chi connectivity index (χ3n) is 2.24. The van der Waals surface area contributed by atoms with E-state index in [2.05, 4.69) is 5.32 Å². The fourth-order valence-corrected chi connectivity index (χ4v) is 1.35. The number of hydrogen-bond donors (Lipinski definition) is 2. The molecule has 2 N–H and O–H groups in total. The van der Waals surface area contributed by atoms with Gasteiger partial charge < -0.3 is 15.2 Å². The Balaban J connectivity index is 2.98. The Morgan fingerprint density at radius 2 is 1.95 bits per heavy atom. The molecule has 6 nitrogen and oxygen atoms in total. The van der Waals surface area contributed by atoms with Gasteiger partial charge in [0.15, 0.2) is 5.78 Å². The minimum atomic E-state index is -1.22. The lowest BCUT2D eigenvalue weighted by Gasteiger charge is -2.09. The first-order valence-electron chi connectivity index (χ1n) is 5.35. The van der Waals surface area contributed by atoms with Gasteiger partial charge in [0.05, 0.1) is 12.8 Å². The summed E-state index contributed by atoms with van der Waals surface area (Å²) in [5.74, 6) is -1.62. The van der Waals surface area contributed by atoms with Crippen molar-refractivity contribution < 1.29 is 24.2 Å². The smallest absolute Gasteiger partial charge is 0.328 e. The second-order valence-electron chi connectivity index (χ2n) is 3.63. The molecule has 0 fully saturated rings. The first-order valence-corrected chi connectivity index (χ1v) is 5.35. The standard InChI is InChI=1S/C13H13NO5/c1-8(15)9-3-4-11(19-2)10(7-9)14-12(16)5-6-13(17)18/h3-7H,1-2H3,(H,14,16)(H,17,18)/b6-5-. The molecule has 1 aromatic carbocycles. The van der Waals surface area contributed by atoms with Crippen LogP contribution in [0.2, 0.25) is 0 Å². The topological polar surface area (TPSA) is 92.7 Å². The van der Waals surface area contributed by atoms with E-state index in [1.807, 2.05) is 0 Å². The van der Waals surface area contributed by atoms with E-state index >= 15 is 0 Å². The van der Waals surface area contributed by atoms with Crippen LogP contribution < -0.4 is 10.1 Å². The lowest BCUT2D eigenvalue weighted by molar-refractivity contribution is -0.131. The average molecular weight is 263 g/mol. The van der Waals surface area contributed by atoms with Gasteiger partial charge in [-0.1, -0.05) is 0 Å². The zero-order chi connectivity index (χ0) is 14.4. The molecule has 0 atom stereocenters. The maximum atomic E-state index is 11.5. The maximum Gasteiger partial charge on any atom is 0.328 e. The molecule has 1 rings (SSSR count). The van der Waals surface area contributed by atoms with Gasteiger partial charge in [-0.25, -0.2) is 4.79 Å². The van der Waals surface area contributed by atoms with Crippen molar-refractivity contribution >= 4 is 23.3 Å². The monoisotopic (exact) mass is 263 g/mol. The second-order valence-corrected chi connectivity index (χ2v) is 3.63. The van der Waals surface area contributed by atoms with Crippen molar-refractivity contribution in [3.05, 3.63) is 35.9 Å². The van der Waals surface area contributed by atoms with Crippen LogP contribution in [0.1, 0.15) is 17.3 Å². The molecule has 0 saturated carbocycles. The average Bonchev–Trinajstić information content (AvgIpc) is 2.36. The van der Waals surface area contributed by atoms with Gasteiger partial charge in [-0.2, -0.15) is 0 Å². The van der Waals surface area contributed by atoms with Crippen molar-refractivity contribution in [3.63, 3.8) is 0 Å². The largest absolute Gasteiger partial charge is 0.495 e. The van der Waals surface area contributed by atoms with Crippen LogP contribution in [0.4, 0.5) is 5.69 Å². The van der Waals surface area contributed by atoms with E-state index < -0.39 is 11.9 Å². The number of anilines is 1. The number of carbonyl (C=O) groups is 3. The summed E-state index contributed by atoms with van der Waals surface area (Å²) in [6, 6.07) is 4.59. The summed E-state index contributed by atoms with van der Waals surface area (Å²) >= 11 is 0. The number of methoxy groups -OCH3 is 1. The molecule has 0 saturated heterocycles. The number of rotatable bonds is 5. The third-order valence-corrected chi connectivity index (χ3v) is 2.24. The highest BCUT2D eigenvalue weighted by Gasteiger charge is 2.09. The van der Waals surface area contributed by atoms with Crippen molar-refractivity contribution in [3.8, 4) is 5.75 Å². The molecule has 1 amide bonds. The number of ether oxygens (including phenoxy) is 1. The summed E-state index contributed by atoms with van der Waals surface area (Å²) < 4.78 is 5.04. The first-order chi connectivity index (χ1) is 8.93. The van der Waals surface area contributed by atoms with E-state index in [-0.39, 0.29) is 5.78 Å². The van der Waals surface area contributed by atoms with E-state index in [9.17, 15) is 14.4 Å². The molecule has 1 aromatic rings. The second kappa shape index (κ2) is 6.34. The van der Waals surface area contributed by atoms with Gasteiger partial charge in [0.25, 0.3) is 0 Å². The highest BCUT2D eigenvalue weighted by atomic mass is 16.5. The quantitative estimate of drug-likeness (QED) is 0.620. The molecule has 0 heterocycles. The molecular formula is C13H13NO5. The number of carboxylic acid groups (broad SMARTS) is 1. The maximum absolute atomic E-state index is 11.5. The molecule has 100 valence electrons. The Morgan fingerprint density at radius 1 is 1.26 bits per heavy atom. The van der Waals surface area contributed by atoms with Crippen LogP contribution in [0.5, 0.6) is 5.75 Å². The summed E-state index contributed by atoms with van der Waals surface area (Å²) in [7, 11) is 1.42. The molecule has 0 aliphatic rings. The summed E-state index contributed by atoms with van der Waals surface area (Å²) in [4.78, 5) is 33.0. The molecule has 0 spiro atoms. The Labute approximate surface area is 109 Å². The van der Waals surface area contributed by atoms with Crippen LogP contribution in [0.3, 0.4) is 0 Å². The number of amides is 1. The summed E-state index contributed by atoms with van der Waals surface area (Å²) in [5.41, 5.74) is 0.716. The number of carboxylic acids is 1. The number of hydrogen-bond acceptors (Lipinski definition) is 4. The molecule has 0 radical (unpaired) electrons. The summed E-state index contributed by atoms with van der Waals surface area (Å²) in [6.45, 7) is 1.40. The van der Waals surface area contributed by atoms with Gasteiger partial charge in [-0.15, -0.1) is 0 Å². The van der Waals surface area contributed by atoms with Crippen molar-refractivity contribution in [1.29, 1.82) is 0 Å².